The molecule has 0 fully saturated rings. The number of aliphatic hydroxyl groups is 1. The normalized spacial score (nSPS) is 13.6. The Kier molecular flexibility index (Phi) is 3.80. The molecule has 19 heavy (non-hydrogen) atoms. The van der Waals surface area contributed by atoms with Crippen molar-refractivity contribution in [1.29, 1.82) is 0 Å². The molecule has 0 saturated carbocycles. The Bertz CT molecular complexity index is 578. The van der Waals surface area contributed by atoms with Crippen molar-refractivity contribution in [3.8, 4) is 0 Å². The Morgan fingerprint density at radius 3 is 2.53 bits per heavy atom. The first-order valence-corrected chi connectivity index (χ1v) is 6.15. The monoisotopic (exact) mass is 311 g/mol. The summed E-state index contributed by atoms with van der Waals surface area (Å²) in [5.74, 6) is -0.790. The summed E-state index contributed by atoms with van der Waals surface area (Å²) in [5, 5.41) is 8.75. The van der Waals surface area contributed by atoms with Crippen LogP contribution in [0.15, 0.2) is 24.4 Å². The van der Waals surface area contributed by atoms with E-state index in [1.807, 2.05) is 0 Å². The molecule has 0 aliphatic carbocycles. The summed E-state index contributed by atoms with van der Waals surface area (Å²) in [6, 6.07) is 3.74. The minimum Gasteiger partial charge on any atom is -0.383 e. The van der Waals surface area contributed by atoms with Gasteiger partial charge in [-0.05, 0) is 12.1 Å². The van der Waals surface area contributed by atoms with Crippen molar-refractivity contribution in [2.45, 2.75) is 12.3 Å². The van der Waals surface area contributed by atoms with E-state index in [2.05, 4.69) is 4.98 Å². The van der Waals surface area contributed by atoms with Gasteiger partial charge in [0.1, 0.15) is 11.9 Å². The highest BCUT2D eigenvalue weighted by Gasteiger charge is 2.35. The van der Waals surface area contributed by atoms with Gasteiger partial charge >= 0.3 is 6.18 Å². The van der Waals surface area contributed by atoms with E-state index in [1.165, 1.54) is 12.1 Å². The lowest BCUT2D eigenvalue weighted by Gasteiger charge is -2.11. The fourth-order valence-electron chi connectivity index (χ4n) is 1.46. The highest BCUT2D eigenvalue weighted by atomic mass is 35.5. The SMILES string of the molecule is OC(c1cnc(C(F)(F)F)s1)c1c(F)cccc1Cl. The number of nitrogens with zero attached hydrogens (tertiary/aromatic N) is 1. The molecule has 8 heteroatoms. The van der Waals surface area contributed by atoms with Crippen molar-refractivity contribution in [2.24, 2.45) is 0 Å². The molecule has 0 aliphatic heterocycles. The van der Waals surface area contributed by atoms with Crippen molar-refractivity contribution in [2.75, 3.05) is 0 Å². The second-order valence-electron chi connectivity index (χ2n) is 3.60. The molecule has 0 bridgehead atoms. The molecule has 1 unspecified atom stereocenters. The number of hydrogen-bond acceptors (Lipinski definition) is 3. The molecule has 0 amide bonds. The van der Waals surface area contributed by atoms with Crippen LogP contribution in [-0.4, -0.2) is 10.1 Å². The number of alkyl halides is 3. The average molecular weight is 312 g/mol. The summed E-state index contributed by atoms with van der Waals surface area (Å²) in [4.78, 5) is 3.04. The number of aliphatic hydroxyl groups excluding tert-OH is 1. The summed E-state index contributed by atoms with van der Waals surface area (Å²) in [5.41, 5.74) is -0.262. The average Bonchev–Trinajstić information content (AvgIpc) is 2.77. The first-order chi connectivity index (χ1) is 8.80. The first kappa shape index (κ1) is 14.2. The summed E-state index contributed by atoms with van der Waals surface area (Å²) in [6.45, 7) is 0. The van der Waals surface area contributed by atoms with Crippen molar-refractivity contribution in [3.63, 3.8) is 0 Å². The van der Waals surface area contributed by atoms with E-state index >= 15 is 0 Å². The fraction of sp³-hybridized carbons (Fsp3) is 0.182. The topological polar surface area (TPSA) is 33.1 Å². The van der Waals surface area contributed by atoms with E-state index in [1.54, 1.807) is 0 Å². The van der Waals surface area contributed by atoms with Crippen molar-refractivity contribution in [1.82, 2.24) is 4.98 Å². The van der Waals surface area contributed by atoms with Gasteiger partial charge in [0.2, 0.25) is 0 Å². The molecule has 0 radical (unpaired) electrons. The van der Waals surface area contributed by atoms with Gasteiger partial charge in [0.05, 0.1) is 4.88 Å². The molecule has 1 atom stereocenters. The van der Waals surface area contributed by atoms with E-state index in [-0.39, 0.29) is 26.8 Å². The smallest absolute Gasteiger partial charge is 0.383 e. The Morgan fingerprint density at radius 2 is 2.00 bits per heavy atom. The van der Waals surface area contributed by atoms with Gasteiger partial charge in [0, 0.05) is 16.8 Å². The van der Waals surface area contributed by atoms with Gasteiger partial charge in [-0.25, -0.2) is 9.37 Å². The second kappa shape index (κ2) is 5.07. The van der Waals surface area contributed by atoms with Gasteiger partial charge in [0.25, 0.3) is 0 Å². The van der Waals surface area contributed by atoms with E-state index in [9.17, 15) is 22.7 Å². The standard InChI is InChI=1S/C11H6ClF4NOS/c12-5-2-1-3-6(13)8(5)9(18)7-4-17-10(19-7)11(14,15)16/h1-4,9,18H. The van der Waals surface area contributed by atoms with Crippen LogP contribution in [0.2, 0.25) is 5.02 Å². The number of rotatable bonds is 2. The summed E-state index contributed by atoms with van der Waals surface area (Å²) in [7, 11) is 0. The second-order valence-corrected chi connectivity index (χ2v) is 5.07. The quantitative estimate of drug-likeness (QED) is 0.849. The molecule has 1 heterocycles. The van der Waals surface area contributed by atoms with Crippen LogP contribution in [0, 0.1) is 5.82 Å². The lowest BCUT2D eigenvalue weighted by Crippen LogP contribution is -2.03. The van der Waals surface area contributed by atoms with Crippen LogP contribution in [0.25, 0.3) is 0 Å². The predicted molar refractivity (Wildman–Crippen MR) is 62.6 cm³/mol. The van der Waals surface area contributed by atoms with Crippen molar-refractivity contribution in [3.05, 3.63) is 50.7 Å². The summed E-state index contributed by atoms with van der Waals surface area (Å²) >= 11 is 5.98. The van der Waals surface area contributed by atoms with Gasteiger partial charge in [0.15, 0.2) is 5.01 Å². The lowest BCUT2D eigenvalue weighted by atomic mass is 10.1. The maximum absolute atomic E-state index is 13.5. The minimum atomic E-state index is -4.60. The summed E-state index contributed by atoms with van der Waals surface area (Å²) < 4.78 is 50.7. The van der Waals surface area contributed by atoms with Crippen LogP contribution in [0.5, 0.6) is 0 Å². The van der Waals surface area contributed by atoms with Crippen LogP contribution in [0.4, 0.5) is 17.6 Å². The molecule has 0 spiro atoms. The zero-order valence-corrected chi connectivity index (χ0v) is 10.7. The van der Waals surface area contributed by atoms with E-state index in [4.69, 9.17) is 11.6 Å². The van der Waals surface area contributed by atoms with Crippen LogP contribution >= 0.6 is 22.9 Å². The zero-order valence-electron chi connectivity index (χ0n) is 9.08. The van der Waals surface area contributed by atoms with Crippen LogP contribution in [0.3, 0.4) is 0 Å². The highest BCUT2D eigenvalue weighted by molar-refractivity contribution is 7.11. The molecular formula is C11H6ClF4NOS. The molecular weight excluding hydrogens is 306 g/mol. The van der Waals surface area contributed by atoms with Gasteiger partial charge in [-0.15, -0.1) is 11.3 Å². The number of halogens is 5. The first-order valence-electron chi connectivity index (χ1n) is 4.95. The number of thiazole rings is 1. The van der Waals surface area contributed by atoms with Crippen LogP contribution in [-0.2, 0) is 6.18 Å². The number of aromatic nitrogens is 1. The third-order valence-corrected chi connectivity index (χ3v) is 3.73. The van der Waals surface area contributed by atoms with Crippen molar-refractivity contribution < 1.29 is 22.7 Å². The van der Waals surface area contributed by atoms with E-state index in [0.29, 0.717) is 0 Å². The van der Waals surface area contributed by atoms with Gasteiger partial charge < -0.3 is 5.11 Å². The zero-order chi connectivity index (χ0) is 14.2. The van der Waals surface area contributed by atoms with Gasteiger partial charge in [-0.3, -0.25) is 0 Å². The third kappa shape index (κ3) is 2.88. The Hall–Kier alpha value is -1.18. The molecule has 0 saturated heterocycles. The Balaban J connectivity index is 2.40. The van der Waals surface area contributed by atoms with Crippen molar-refractivity contribution >= 4 is 22.9 Å². The predicted octanol–water partition coefficient (Wildman–Crippen LogP) is 4.04. The molecule has 2 nitrogen and oxygen atoms in total. The fourth-order valence-corrected chi connectivity index (χ4v) is 2.50. The summed E-state index contributed by atoms with van der Waals surface area (Å²) in [6.07, 6.45) is -5.31. The Morgan fingerprint density at radius 1 is 1.32 bits per heavy atom. The minimum absolute atomic E-state index is 0.0607. The molecule has 1 aromatic heterocycles. The molecule has 2 rings (SSSR count). The van der Waals surface area contributed by atoms with Gasteiger partial charge in [-0.2, -0.15) is 13.2 Å². The van der Waals surface area contributed by atoms with E-state index in [0.717, 1.165) is 12.3 Å². The molecule has 0 aliphatic rings. The lowest BCUT2D eigenvalue weighted by molar-refractivity contribution is -0.137. The molecule has 2 aromatic rings. The molecule has 1 aromatic carbocycles. The number of hydrogen-bond donors (Lipinski definition) is 1. The largest absolute Gasteiger partial charge is 0.443 e. The molecule has 102 valence electrons. The van der Waals surface area contributed by atoms with E-state index < -0.39 is 23.1 Å². The third-order valence-electron chi connectivity index (χ3n) is 2.31. The maximum Gasteiger partial charge on any atom is 0.443 e. The van der Waals surface area contributed by atoms with Crippen LogP contribution in [0.1, 0.15) is 21.6 Å². The highest BCUT2D eigenvalue weighted by Crippen LogP contribution is 2.37. The molecule has 1 N–H and O–H groups in total. The number of benzene rings is 1. The van der Waals surface area contributed by atoms with Crippen LogP contribution < -0.4 is 0 Å². The van der Waals surface area contributed by atoms with Gasteiger partial charge in [-0.1, -0.05) is 17.7 Å². The Labute approximate surface area is 114 Å². The maximum atomic E-state index is 13.5.